The van der Waals surface area contributed by atoms with Crippen LogP contribution in [0.3, 0.4) is 0 Å². The summed E-state index contributed by atoms with van der Waals surface area (Å²) in [5, 5.41) is 13.3. The van der Waals surface area contributed by atoms with Crippen LogP contribution in [0.15, 0.2) is 34.1 Å². The zero-order valence-electron chi connectivity index (χ0n) is 15.4. The number of nitro groups is 1. The molecule has 1 N–H and O–H groups in total. The number of halogens is 3. The zero-order valence-corrected chi connectivity index (χ0v) is 15.4. The lowest BCUT2D eigenvalue weighted by Gasteiger charge is -2.10. The van der Waals surface area contributed by atoms with Crippen molar-refractivity contribution in [3.8, 4) is 0 Å². The Balaban J connectivity index is 1.95. The third-order valence-electron chi connectivity index (χ3n) is 4.33. The highest BCUT2D eigenvalue weighted by Crippen LogP contribution is 2.34. The number of anilines is 1. The maximum Gasteiger partial charge on any atom is 0.416 e. The van der Waals surface area contributed by atoms with Crippen molar-refractivity contribution >= 4 is 28.4 Å². The molecule has 1 amide bonds. The van der Waals surface area contributed by atoms with Gasteiger partial charge in [0.2, 0.25) is 5.91 Å². The van der Waals surface area contributed by atoms with E-state index in [4.69, 9.17) is 0 Å². The number of carbonyl (C=O) groups is 1. The van der Waals surface area contributed by atoms with Gasteiger partial charge in [-0.1, -0.05) is 0 Å². The van der Waals surface area contributed by atoms with Crippen molar-refractivity contribution in [3.63, 3.8) is 0 Å². The van der Waals surface area contributed by atoms with Gasteiger partial charge in [-0.25, -0.2) is 9.78 Å². The van der Waals surface area contributed by atoms with E-state index in [-0.39, 0.29) is 11.2 Å². The lowest BCUT2D eigenvalue weighted by molar-refractivity contribution is -0.384. The molecule has 2 heterocycles. The van der Waals surface area contributed by atoms with Gasteiger partial charge in [-0.2, -0.15) is 13.2 Å². The molecule has 0 radical (unpaired) electrons. The van der Waals surface area contributed by atoms with Crippen LogP contribution < -0.4 is 16.6 Å². The number of carbonyl (C=O) groups excluding carboxylic acids is 1. The predicted octanol–water partition coefficient (Wildman–Crippen LogP) is 0.999. The number of benzene rings is 1. The Morgan fingerprint density at radius 3 is 2.50 bits per heavy atom. The van der Waals surface area contributed by atoms with Crippen molar-refractivity contribution in [2.24, 2.45) is 14.1 Å². The highest BCUT2D eigenvalue weighted by Gasteiger charge is 2.33. The van der Waals surface area contributed by atoms with Crippen molar-refractivity contribution in [1.82, 2.24) is 18.7 Å². The summed E-state index contributed by atoms with van der Waals surface area (Å²) in [7, 11) is 2.63. The van der Waals surface area contributed by atoms with Gasteiger partial charge in [0.05, 0.1) is 16.8 Å². The number of rotatable bonds is 4. The van der Waals surface area contributed by atoms with Gasteiger partial charge >= 0.3 is 11.9 Å². The SMILES string of the molecule is Cn1c(=O)c2c(ncn2CC(=O)Nc2ccc(C(F)(F)F)cc2[N+](=O)[O-])n(C)c1=O. The summed E-state index contributed by atoms with van der Waals surface area (Å²) in [4.78, 5) is 50.6. The molecule has 0 aliphatic rings. The highest BCUT2D eigenvalue weighted by molar-refractivity contribution is 5.93. The minimum atomic E-state index is -4.79. The molecule has 3 rings (SSSR count). The maximum atomic E-state index is 12.8. The number of imidazole rings is 1. The zero-order chi connectivity index (χ0) is 22.4. The average molecular weight is 426 g/mol. The summed E-state index contributed by atoms with van der Waals surface area (Å²) in [6, 6.07) is 1.68. The minimum Gasteiger partial charge on any atom is -0.319 e. The molecule has 0 bridgehead atoms. The molecule has 30 heavy (non-hydrogen) atoms. The van der Waals surface area contributed by atoms with Gasteiger partial charge < -0.3 is 9.88 Å². The molecule has 0 spiro atoms. The molecule has 0 saturated carbocycles. The van der Waals surface area contributed by atoms with Crippen molar-refractivity contribution < 1.29 is 22.9 Å². The summed E-state index contributed by atoms with van der Waals surface area (Å²) in [5.41, 5.74) is -3.98. The lowest BCUT2D eigenvalue weighted by Crippen LogP contribution is -2.37. The van der Waals surface area contributed by atoms with E-state index in [0.29, 0.717) is 12.1 Å². The third-order valence-corrected chi connectivity index (χ3v) is 4.33. The number of nitro benzene ring substituents is 1. The molecule has 0 aliphatic carbocycles. The molecule has 158 valence electrons. The second kappa shape index (κ2) is 7.13. The number of amides is 1. The second-order valence-corrected chi connectivity index (χ2v) is 6.29. The fourth-order valence-electron chi connectivity index (χ4n) is 2.83. The highest BCUT2D eigenvalue weighted by atomic mass is 19.4. The summed E-state index contributed by atoms with van der Waals surface area (Å²) in [5.74, 6) is -0.854. The monoisotopic (exact) mass is 426 g/mol. The van der Waals surface area contributed by atoms with Crippen molar-refractivity contribution in [1.29, 1.82) is 0 Å². The van der Waals surface area contributed by atoms with Gasteiger partial charge in [-0.15, -0.1) is 0 Å². The number of aryl methyl sites for hydroxylation is 1. The van der Waals surface area contributed by atoms with Crippen LogP contribution in [0.25, 0.3) is 11.2 Å². The molecule has 1 aromatic carbocycles. The van der Waals surface area contributed by atoms with Crippen LogP contribution in [-0.2, 0) is 31.6 Å². The number of nitrogens with one attached hydrogen (secondary N) is 1. The van der Waals surface area contributed by atoms with Crippen LogP contribution >= 0.6 is 0 Å². The van der Waals surface area contributed by atoms with Gasteiger partial charge in [0.15, 0.2) is 11.2 Å². The van der Waals surface area contributed by atoms with Gasteiger partial charge in [0.1, 0.15) is 12.2 Å². The van der Waals surface area contributed by atoms with Crippen molar-refractivity contribution in [2.45, 2.75) is 12.7 Å². The lowest BCUT2D eigenvalue weighted by atomic mass is 10.1. The molecule has 14 heteroatoms. The fraction of sp³-hybridized carbons (Fsp3) is 0.250. The van der Waals surface area contributed by atoms with Gasteiger partial charge in [-0.3, -0.25) is 28.8 Å². The smallest absolute Gasteiger partial charge is 0.319 e. The molecular weight excluding hydrogens is 413 g/mol. The Hall–Kier alpha value is -3.97. The molecule has 11 nitrogen and oxygen atoms in total. The first-order chi connectivity index (χ1) is 13.9. The quantitative estimate of drug-likeness (QED) is 0.489. The average Bonchev–Trinajstić information content (AvgIpc) is 3.07. The first-order valence-corrected chi connectivity index (χ1v) is 8.18. The number of hydrogen-bond acceptors (Lipinski definition) is 6. The van der Waals surface area contributed by atoms with E-state index in [9.17, 15) is 37.7 Å². The van der Waals surface area contributed by atoms with E-state index in [0.717, 1.165) is 26.1 Å². The topological polar surface area (TPSA) is 134 Å². The van der Waals surface area contributed by atoms with Gasteiger partial charge in [-0.05, 0) is 12.1 Å². The number of fused-ring (bicyclic) bond motifs is 1. The maximum absolute atomic E-state index is 12.8. The minimum absolute atomic E-state index is 0.0245. The van der Waals surface area contributed by atoms with Crippen LogP contribution in [-0.4, -0.2) is 29.5 Å². The normalized spacial score (nSPS) is 11.6. The van der Waals surface area contributed by atoms with Crippen LogP contribution in [0.5, 0.6) is 0 Å². The van der Waals surface area contributed by atoms with Crippen molar-refractivity contribution in [2.75, 3.05) is 5.32 Å². The Morgan fingerprint density at radius 1 is 1.23 bits per heavy atom. The van der Waals surface area contributed by atoms with Crippen LogP contribution in [0.2, 0.25) is 0 Å². The Kier molecular flexibility index (Phi) is 4.93. The Morgan fingerprint density at radius 2 is 1.90 bits per heavy atom. The van der Waals surface area contributed by atoms with E-state index in [1.54, 1.807) is 0 Å². The molecule has 0 unspecified atom stereocenters. The molecule has 3 aromatic rings. The van der Waals surface area contributed by atoms with E-state index in [2.05, 4.69) is 10.3 Å². The molecule has 2 aromatic heterocycles. The van der Waals surface area contributed by atoms with Crippen molar-refractivity contribution in [3.05, 3.63) is 61.0 Å². The second-order valence-electron chi connectivity index (χ2n) is 6.29. The molecule has 0 fully saturated rings. The Bertz CT molecular complexity index is 1300. The third kappa shape index (κ3) is 3.54. The van der Waals surface area contributed by atoms with Gasteiger partial charge in [0, 0.05) is 20.2 Å². The Labute approximate surface area is 164 Å². The summed E-state index contributed by atoms with van der Waals surface area (Å²) in [6.07, 6.45) is -3.66. The van der Waals surface area contributed by atoms with Crippen LogP contribution in [0, 0.1) is 10.1 Å². The molecule has 0 aliphatic heterocycles. The summed E-state index contributed by atoms with van der Waals surface area (Å²) < 4.78 is 41.4. The van der Waals surface area contributed by atoms with E-state index in [1.807, 2.05) is 0 Å². The fourth-order valence-corrected chi connectivity index (χ4v) is 2.83. The number of hydrogen-bond donors (Lipinski definition) is 1. The molecule has 0 atom stereocenters. The largest absolute Gasteiger partial charge is 0.416 e. The van der Waals surface area contributed by atoms with Crippen LogP contribution in [0.4, 0.5) is 24.5 Å². The summed E-state index contributed by atoms with van der Waals surface area (Å²) >= 11 is 0. The molecule has 0 saturated heterocycles. The van der Waals surface area contributed by atoms with Gasteiger partial charge in [0.25, 0.3) is 11.2 Å². The number of nitrogens with zero attached hydrogens (tertiary/aromatic N) is 5. The van der Waals surface area contributed by atoms with E-state index in [1.165, 1.54) is 14.1 Å². The molecular formula is C16H13F3N6O5. The number of aromatic nitrogens is 4. The van der Waals surface area contributed by atoms with E-state index < -0.39 is 51.7 Å². The number of alkyl halides is 3. The summed E-state index contributed by atoms with van der Waals surface area (Å²) in [6.45, 7) is -0.526. The van der Waals surface area contributed by atoms with E-state index >= 15 is 0 Å². The predicted molar refractivity (Wildman–Crippen MR) is 96.9 cm³/mol. The first kappa shape index (κ1) is 20.8. The first-order valence-electron chi connectivity index (χ1n) is 8.18. The standard InChI is InChI=1S/C16H13F3N6O5/c1-22-13-12(14(27)23(2)15(22)28)24(7-20-13)6-11(26)21-9-4-3-8(16(17,18)19)5-10(9)25(29)30/h3-5,7H,6H2,1-2H3,(H,21,26). The van der Waals surface area contributed by atoms with Crippen LogP contribution in [0.1, 0.15) is 5.56 Å².